The molecule has 0 aromatic carbocycles. The molecule has 8 nitrogen and oxygen atoms in total. The molecule has 0 atom stereocenters. The summed E-state index contributed by atoms with van der Waals surface area (Å²) in [5.41, 5.74) is 0. The standard InChI is InChI=1S/Gd.2H4O4Si/c;2*1-5(2,3)4/h;2*1-4H. The van der Waals surface area contributed by atoms with Crippen molar-refractivity contribution in [2.45, 2.75) is 0 Å². The third-order valence-corrected chi connectivity index (χ3v) is 0. The van der Waals surface area contributed by atoms with Crippen LogP contribution in [0.25, 0.3) is 0 Å². The molecule has 0 saturated carbocycles. The van der Waals surface area contributed by atoms with Crippen molar-refractivity contribution in [2.75, 3.05) is 0 Å². The maximum Gasteiger partial charge on any atom is 0.668 e. The van der Waals surface area contributed by atoms with Crippen LogP contribution in [0.3, 0.4) is 0 Å². The second-order valence-electron chi connectivity index (χ2n) is 1.20. The van der Waals surface area contributed by atoms with Gasteiger partial charge in [0.1, 0.15) is 0 Å². The summed E-state index contributed by atoms with van der Waals surface area (Å²) in [6.07, 6.45) is 0. The SMILES string of the molecule is O[Si](O)(O)O.O[Si](O)(O)O.[Gd]. The van der Waals surface area contributed by atoms with E-state index in [-0.39, 0.29) is 39.9 Å². The fraction of sp³-hybridized carbons (Fsp3) is 0. The molecule has 0 aliphatic rings. The molecule has 0 aliphatic heterocycles. The summed E-state index contributed by atoms with van der Waals surface area (Å²) in [6, 6.07) is 0. The molecule has 0 unspecified atom stereocenters. The van der Waals surface area contributed by atoms with Gasteiger partial charge in [-0.05, 0) is 0 Å². The second-order valence-corrected chi connectivity index (χ2v) is 3.60. The molecule has 0 saturated heterocycles. The van der Waals surface area contributed by atoms with Crippen LogP contribution in [0.4, 0.5) is 0 Å². The van der Waals surface area contributed by atoms with Crippen LogP contribution < -0.4 is 0 Å². The van der Waals surface area contributed by atoms with E-state index in [1.807, 2.05) is 0 Å². The Hall–Kier alpha value is 1.44. The molecule has 11 heteroatoms. The summed E-state index contributed by atoms with van der Waals surface area (Å²) in [7, 11) is -9.22. The van der Waals surface area contributed by atoms with Crippen molar-refractivity contribution < 1.29 is 78.3 Å². The smallest absolute Gasteiger partial charge is 0.368 e. The van der Waals surface area contributed by atoms with Crippen molar-refractivity contribution in [1.29, 1.82) is 0 Å². The van der Waals surface area contributed by atoms with Gasteiger partial charge in [0.05, 0.1) is 0 Å². The Balaban J connectivity index is -0.000000107. The minimum absolute atomic E-state index is 0. The van der Waals surface area contributed by atoms with E-state index in [4.69, 9.17) is 38.4 Å². The van der Waals surface area contributed by atoms with Gasteiger partial charge in [-0.1, -0.05) is 0 Å². The van der Waals surface area contributed by atoms with E-state index in [2.05, 4.69) is 0 Å². The summed E-state index contributed by atoms with van der Waals surface area (Å²) in [6.45, 7) is 0. The fourth-order valence-corrected chi connectivity index (χ4v) is 0. The average molecular weight is 349 g/mol. The van der Waals surface area contributed by atoms with Gasteiger partial charge in [0, 0.05) is 39.9 Å². The molecule has 0 aliphatic carbocycles. The van der Waals surface area contributed by atoms with Crippen molar-refractivity contribution >= 4 is 18.1 Å². The van der Waals surface area contributed by atoms with Crippen LogP contribution in [0.2, 0.25) is 0 Å². The summed E-state index contributed by atoms with van der Waals surface area (Å²) in [4.78, 5) is 58.6. The van der Waals surface area contributed by atoms with Crippen molar-refractivity contribution in [3.63, 3.8) is 0 Å². The van der Waals surface area contributed by atoms with E-state index < -0.39 is 18.1 Å². The molecule has 72 valence electrons. The molecule has 0 amide bonds. The van der Waals surface area contributed by atoms with Crippen molar-refractivity contribution in [3.8, 4) is 0 Å². The molecule has 11 heavy (non-hydrogen) atoms. The molecular weight excluding hydrogens is 341 g/mol. The predicted octanol–water partition coefficient (Wildman–Crippen LogP) is -5.22. The normalized spacial score (nSPS) is 10.9. The summed E-state index contributed by atoms with van der Waals surface area (Å²) in [5, 5.41) is 0. The van der Waals surface area contributed by atoms with Gasteiger partial charge < -0.3 is 38.4 Å². The first-order valence-corrected chi connectivity index (χ1v) is 5.37. The van der Waals surface area contributed by atoms with E-state index in [0.717, 1.165) is 0 Å². The molecule has 0 rings (SSSR count). The molecule has 0 spiro atoms. The summed E-state index contributed by atoms with van der Waals surface area (Å²) in [5.74, 6) is 0. The molecule has 0 bridgehead atoms. The van der Waals surface area contributed by atoms with Gasteiger partial charge in [-0.25, -0.2) is 0 Å². The third kappa shape index (κ3) is 492. The van der Waals surface area contributed by atoms with Gasteiger partial charge in [-0.3, -0.25) is 0 Å². The molecule has 0 heterocycles. The monoisotopic (exact) mass is 350 g/mol. The van der Waals surface area contributed by atoms with Crippen LogP contribution >= 0.6 is 0 Å². The first-order valence-electron chi connectivity index (χ1n) is 1.79. The maximum atomic E-state index is 7.33. The van der Waals surface area contributed by atoms with E-state index in [1.165, 1.54) is 0 Å². The first-order chi connectivity index (χ1) is 4.00. The number of rotatable bonds is 0. The minimum Gasteiger partial charge on any atom is -0.368 e. The van der Waals surface area contributed by atoms with Gasteiger partial charge in [0.2, 0.25) is 0 Å². The van der Waals surface area contributed by atoms with Crippen molar-refractivity contribution in [2.24, 2.45) is 0 Å². The average Bonchev–Trinajstić information content (AvgIpc) is 1.12. The quantitative estimate of drug-likeness (QED) is 0.201. The zero-order valence-corrected chi connectivity index (χ0v) is 9.20. The molecule has 0 fully saturated rings. The third-order valence-electron chi connectivity index (χ3n) is 0. The van der Waals surface area contributed by atoms with E-state index in [9.17, 15) is 0 Å². The Bertz CT molecular complexity index is 55.1. The summed E-state index contributed by atoms with van der Waals surface area (Å²) < 4.78 is 0. The minimum atomic E-state index is -4.61. The maximum absolute atomic E-state index is 7.33. The van der Waals surface area contributed by atoms with Gasteiger partial charge >= 0.3 is 18.1 Å². The molecule has 0 aromatic rings. The van der Waals surface area contributed by atoms with Crippen molar-refractivity contribution in [3.05, 3.63) is 0 Å². The van der Waals surface area contributed by atoms with Crippen LogP contribution in [0.1, 0.15) is 0 Å². The van der Waals surface area contributed by atoms with Crippen LogP contribution in [0.15, 0.2) is 0 Å². The van der Waals surface area contributed by atoms with Crippen LogP contribution in [-0.2, 0) is 0 Å². The van der Waals surface area contributed by atoms with Gasteiger partial charge in [-0.2, -0.15) is 0 Å². The zero-order chi connectivity index (χ0) is 9.00. The predicted molar refractivity (Wildman–Crippen MR) is 29.3 cm³/mol. The van der Waals surface area contributed by atoms with Crippen LogP contribution in [0.5, 0.6) is 0 Å². The van der Waals surface area contributed by atoms with Gasteiger partial charge in [0.15, 0.2) is 0 Å². The van der Waals surface area contributed by atoms with Gasteiger partial charge in [-0.15, -0.1) is 0 Å². The molecular formula is H8GdO8Si2. The fourth-order valence-electron chi connectivity index (χ4n) is 0. The Morgan fingerprint density at radius 2 is 0.455 bits per heavy atom. The van der Waals surface area contributed by atoms with E-state index in [0.29, 0.717) is 0 Å². The van der Waals surface area contributed by atoms with Gasteiger partial charge in [0.25, 0.3) is 0 Å². The Labute approximate surface area is 95.7 Å². The van der Waals surface area contributed by atoms with Crippen LogP contribution in [-0.4, -0.2) is 56.5 Å². The Kier molecular flexibility index (Phi) is 11.5. The second kappa shape index (κ2) is 6.90. The number of hydrogen-bond acceptors (Lipinski definition) is 8. The largest absolute Gasteiger partial charge is 0.668 e. The summed E-state index contributed by atoms with van der Waals surface area (Å²) >= 11 is 0. The molecule has 8 N–H and O–H groups in total. The van der Waals surface area contributed by atoms with E-state index >= 15 is 0 Å². The van der Waals surface area contributed by atoms with Crippen molar-refractivity contribution in [1.82, 2.24) is 0 Å². The molecule has 0 radical (unpaired) electrons. The Morgan fingerprint density at radius 3 is 0.455 bits per heavy atom. The van der Waals surface area contributed by atoms with Crippen LogP contribution in [0, 0.1) is 39.9 Å². The Morgan fingerprint density at radius 1 is 0.455 bits per heavy atom. The zero-order valence-electron chi connectivity index (χ0n) is 4.93. The van der Waals surface area contributed by atoms with E-state index in [1.54, 1.807) is 0 Å². The number of hydrogen-bond donors (Lipinski definition) is 8. The molecule has 0 aromatic heterocycles. The topological polar surface area (TPSA) is 162 Å². The first kappa shape index (κ1) is 18.3.